The molecule has 1 saturated heterocycles. The summed E-state index contributed by atoms with van der Waals surface area (Å²) in [5.74, 6) is -2.26. The number of likely N-dealkylation sites (tertiary alicyclic amines) is 1. The molecule has 1 aromatic heterocycles. The number of rotatable bonds is 4. The minimum atomic E-state index is -2.91. The van der Waals surface area contributed by atoms with Crippen LogP contribution in [0.25, 0.3) is 10.8 Å². The van der Waals surface area contributed by atoms with E-state index < -0.39 is 47.3 Å². The van der Waals surface area contributed by atoms with E-state index >= 15 is 0 Å². The van der Waals surface area contributed by atoms with Gasteiger partial charge in [-0.05, 0) is 49.1 Å². The van der Waals surface area contributed by atoms with Crippen LogP contribution in [0.2, 0.25) is 0 Å². The van der Waals surface area contributed by atoms with Crippen LogP contribution in [0.15, 0.2) is 57.7 Å². The van der Waals surface area contributed by atoms with Crippen molar-refractivity contribution in [3.63, 3.8) is 0 Å². The second-order valence-corrected chi connectivity index (χ2v) is 7.67. The van der Waals surface area contributed by atoms with Crippen molar-refractivity contribution < 1.29 is 27.2 Å². The van der Waals surface area contributed by atoms with Gasteiger partial charge in [-0.15, -0.1) is 0 Å². The molecule has 2 heterocycles. The molecule has 2 aromatic carbocycles. The van der Waals surface area contributed by atoms with E-state index in [4.69, 9.17) is 4.42 Å². The Kier molecular flexibility index (Phi) is 5.73. The number of fused-ring (bicyclic) bond motifs is 1. The molecule has 1 fully saturated rings. The van der Waals surface area contributed by atoms with Crippen LogP contribution < -0.4 is 10.9 Å². The van der Waals surface area contributed by atoms with Gasteiger partial charge < -0.3 is 14.6 Å². The van der Waals surface area contributed by atoms with Crippen molar-refractivity contribution in [3.8, 4) is 0 Å². The number of nitrogens with one attached hydrogen (secondary N) is 1. The van der Waals surface area contributed by atoms with E-state index in [0.717, 1.165) is 12.1 Å². The molecule has 6 nitrogen and oxygen atoms in total. The van der Waals surface area contributed by atoms with Crippen LogP contribution in [-0.2, 0) is 0 Å². The van der Waals surface area contributed by atoms with E-state index in [0.29, 0.717) is 23.3 Å². The number of nitrogens with zero attached hydrogens (tertiary/aromatic N) is 1. The average Bonchev–Trinajstić information content (AvgIpc) is 3.12. The van der Waals surface area contributed by atoms with Gasteiger partial charge in [0.1, 0.15) is 5.82 Å². The molecule has 3 aromatic rings. The van der Waals surface area contributed by atoms with Crippen molar-refractivity contribution in [2.45, 2.75) is 31.9 Å². The third kappa shape index (κ3) is 4.10. The van der Waals surface area contributed by atoms with Crippen LogP contribution in [-0.4, -0.2) is 35.3 Å². The number of benzene rings is 2. The number of carbonyl (C=O) groups excluding carboxylic acids is 2. The molecule has 9 heteroatoms. The highest BCUT2D eigenvalue weighted by Crippen LogP contribution is 2.24. The van der Waals surface area contributed by atoms with Gasteiger partial charge in [0.25, 0.3) is 18.2 Å². The SMILES string of the molecule is C[C@@H]1[C@H](NC(=O)c2cc(F)cc(C(F)F)c2)CCN1C(=O)c1cc2ccccc2c(=O)o1. The molecule has 166 valence electrons. The zero-order chi connectivity index (χ0) is 23.0. The first kappa shape index (κ1) is 21.6. The fourth-order valence-electron chi connectivity index (χ4n) is 3.92. The fourth-order valence-corrected chi connectivity index (χ4v) is 3.92. The van der Waals surface area contributed by atoms with Crippen LogP contribution in [0.5, 0.6) is 0 Å². The number of amides is 2. The first-order valence-corrected chi connectivity index (χ1v) is 9.98. The summed E-state index contributed by atoms with van der Waals surface area (Å²) in [7, 11) is 0. The normalized spacial score (nSPS) is 18.3. The van der Waals surface area contributed by atoms with Crippen LogP contribution in [0.4, 0.5) is 13.2 Å². The first-order valence-electron chi connectivity index (χ1n) is 9.98. The molecule has 1 N–H and O–H groups in total. The summed E-state index contributed by atoms with van der Waals surface area (Å²) < 4.78 is 44.7. The highest BCUT2D eigenvalue weighted by atomic mass is 19.3. The number of alkyl halides is 2. The largest absolute Gasteiger partial charge is 0.417 e. The lowest BCUT2D eigenvalue weighted by Crippen LogP contribution is -2.45. The second-order valence-electron chi connectivity index (χ2n) is 7.67. The highest BCUT2D eigenvalue weighted by molar-refractivity contribution is 5.96. The molecule has 32 heavy (non-hydrogen) atoms. The maximum Gasteiger partial charge on any atom is 0.344 e. The average molecular weight is 444 g/mol. The van der Waals surface area contributed by atoms with Gasteiger partial charge in [0.05, 0.1) is 11.4 Å². The molecule has 0 aliphatic carbocycles. The van der Waals surface area contributed by atoms with Gasteiger partial charge in [-0.2, -0.15) is 0 Å². The number of carbonyl (C=O) groups is 2. The van der Waals surface area contributed by atoms with E-state index in [1.807, 2.05) is 0 Å². The Morgan fingerprint density at radius 3 is 2.66 bits per heavy atom. The van der Waals surface area contributed by atoms with Crippen LogP contribution in [0, 0.1) is 5.82 Å². The Morgan fingerprint density at radius 1 is 1.16 bits per heavy atom. The van der Waals surface area contributed by atoms with Gasteiger partial charge in [0.2, 0.25) is 0 Å². The lowest BCUT2D eigenvalue weighted by Gasteiger charge is -2.25. The van der Waals surface area contributed by atoms with Crippen LogP contribution in [0.3, 0.4) is 0 Å². The molecule has 1 aliphatic heterocycles. The fraction of sp³-hybridized carbons (Fsp3) is 0.261. The smallest absolute Gasteiger partial charge is 0.344 e. The molecule has 0 bridgehead atoms. The van der Waals surface area contributed by atoms with Crippen molar-refractivity contribution in [2.24, 2.45) is 0 Å². The summed E-state index contributed by atoms with van der Waals surface area (Å²) in [5.41, 5.74) is -1.43. The van der Waals surface area contributed by atoms with Gasteiger partial charge in [0, 0.05) is 23.7 Å². The molecule has 0 unspecified atom stereocenters. The third-order valence-electron chi connectivity index (χ3n) is 5.65. The summed E-state index contributed by atoms with van der Waals surface area (Å²) in [5, 5.41) is 3.62. The lowest BCUT2D eigenvalue weighted by atomic mass is 10.1. The van der Waals surface area contributed by atoms with Gasteiger partial charge in [-0.25, -0.2) is 18.0 Å². The van der Waals surface area contributed by atoms with Crippen molar-refractivity contribution >= 4 is 22.6 Å². The van der Waals surface area contributed by atoms with Crippen molar-refractivity contribution in [1.29, 1.82) is 0 Å². The number of hydrogen-bond acceptors (Lipinski definition) is 4. The Bertz CT molecular complexity index is 1260. The minimum Gasteiger partial charge on any atom is -0.417 e. The Morgan fingerprint density at radius 2 is 1.91 bits per heavy atom. The van der Waals surface area contributed by atoms with Crippen molar-refractivity contribution in [2.75, 3.05) is 6.54 Å². The summed E-state index contributed by atoms with van der Waals surface area (Å²) in [6.45, 7) is 2.00. The van der Waals surface area contributed by atoms with Gasteiger partial charge in [-0.3, -0.25) is 9.59 Å². The molecule has 0 spiro atoms. The number of halogens is 3. The molecule has 4 rings (SSSR count). The molecule has 1 aliphatic rings. The van der Waals surface area contributed by atoms with E-state index in [1.54, 1.807) is 31.2 Å². The maximum absolute atomic E-state index is 13.6. The Balaban J connectivity index is 1.51. The monoisotopic (exact) mass is 444 g/mol. The summed E-state index contributed by atoms with van der Waals surface area (Å²) >= 11 is 0. The minimum absolute atomic E-state index is 0.112. The quantitative estimate of drug-likeness (QED) is 0.662. The number of hydrogen-bond donors (Lipinski definition) is 1. The first-order chi connectivity index (χ1) is 15.2. The standard InChI is InChI=1S/C23H19F3N2O4/c1-12-18(27-21(29)15-8-14(20(25)26)9-16(24)10-15)6-7-28(12)22(30)19-11-13-4-2-3-5-17(13)23(31)32-19/h2-5,8-12,18,20H,6-7H2,1H3,(H,27,29)/t12-,18-/m1/s1. The molecular formula is C23H19F3N2O4. The van der Waals surface area contributed by atoms with E-state index in [9.17, 15) is 27.6 Å². The Hall–Kier alpha value is -3.62. The zero-order valence-corrected chi connectivity index (χ0v) is 17.0. The van der Waals surface area contributed by atoms with Crippen molar-refractivity contribution in [1.82, 2.24) is 10.2 Å². The topological polar surface area (TPSA) is 79.6 Å². The second kappa shape index (κ2) is 8.49. The Labute approximate surface area is 180 Å². The van der Waals surface area contributed by atoms with Gasteiger partial charge in [-0.1, -0.05) is 18.2 Å². The van der Waals surface area contributed by atoms with Crippen LogP contribution in [0.1, 0.15) is 46.2 Å². The summed E-state index contributed by atoms with van der Waals surface area (Å²) in [6.07, 6.45) is -2.51. The third-order valence-corrected chi connectivity index (χ3v) is 5.65. The zero-order valence-electron chi connectivity index (χ0n) is 17.0. The van der Waals surface area contributed by atoms with Gasteiger partial charge >= 0.3 is 5.63 Å². The lowest BCUT2D eigenvalue weighted by molar-refractivity contribution is 0.0694. The van der Waals surface area contributed by atoms with Crippen molar-refractivity contribution in [3.05, 3.63) is 81.7 Å². The molecule has 2 amide bonds. The molecule has 0 saturated carbocycles. The molecular weight excluding hydrogens is 425 g/mol. The molecule has 2 atom stereocenters. The van der Waals surface area contributed by atoms with E-state index in [2.05, 4.69) is 5.32 Å². The molecule has 0 radical (unpaired) electrons. The van der Waals surface area contributed by atoms with E-state index in [1.165, 1.54) is 11.0 Å². The summed E-state index contributed by atoms with van der Waals surface area (Å²) in [4.78, 5) is 39.1. The highest BCUT2D eigenvalue weighted by Gasteiger charge is 2.36. The van der Waals surface area contributed by atoms with Crippen LogP contribution >= 0.6 is 0 Å². The van der Waals surface area contributed by atoms with Gasteiger partial charge in [0.15, 0.2) is 5.76 Å². The maximum atomic E-state index is 13.6. The predicted octanol–water partition coefficient (Wildman–Crippen LogP) is 3.90. The predicted molar refractivity (Wildman–Crippen MR) is 110 cm³/mol. The summed E-state index contributed by atoms with van der Waals surface area (Å²) in [6, 6.07) is 9.78. The van der Waals surface area contributed by atoms with E-state index in [-0.39, 0.29) is 17.9 Å².